The highest BCUT2D eigenvalue weighted by atomic mass is 19.1. The van der Waals surface area contributed by atoms with E-state index in [1.54, 1.807) is 18.2 Å². The number of likely N-dealkylation sites (tertiary alicyclic amines) is 1. The van der Waals surface area contributed by atoms with Crippen molar-refractivity contribution in [3.05, 3.63) is 129 Å². The van der Waals surface area contributed by atoms with Crippen LogP contribution >= 0.6 is 0 Å². The number of amides is 5. The van der Waals surface area contributed by atoms with E-state index in [2.05, 4.69) is 34.5 Å². The third kappa shape index (κ3) is 6.25. The molecule has 0 bridgehead atoms. The molecule has 11 nitrogen and oxygen atoms in total. The molecule has 0 aromatic heterocycles. The van der Waals surface area contributed by atoms with Gasteiger partial charge in [-0.1, -0.05) is 30.3 Å². The third-order valence-electron chi connectivity index (χ3n) is 13.6. The largest absolute Gasteiger partial charge is 0.508 e. The summed E-state index contributed by atoms with van der Waals surface area (Å²) in [4.78, 5) is 71.6. The van der Waals surface area contributed by atoms with Gasteiger partial charge in [-0.05, 0) is 120 Å². The quantitative estimate of drug-likeness (QED) is 0.255. The molecule has 0 saturated carbocycles. The van der Waals surface area contributed by atoms with Gasteiger partial charge in [0.1, 0.15) is 17.6 Å². The van der Waals surface area contributed by atoms with Crippen LogP contribution in [0.25, 0.3) is 0 Å². The number of carbonyl (C=O) groups is 5. The number of phenols is 1. The van der Waals surface area contributed by atoms with Crippen molar-refractivity contribution < 1.29 is 33.5 Å². The van der Waals surface area contributed by atoms with Crippen molar-refractivity contribution in [2.75, 3.05) is 37.6 Å². The Morgan fingerprint density at radius 2 is 1.43 bits per heavy atom. The molecule has 12 heteroatoms. The van der Waals surface area contributed by atoms with Gasteiger partial charge in [-0.25, -0.2) is 4.39 Å². The first kappa shape index (κ1) is 36.5. The fraction of sp³-hybridized carbons (Fsp3) is 0.370. The van der Waals surface area contributed by atoms with E-state index < -0.39 is 29.7 Å². The first-order valence-electron chi connectivity index (χ1n) is 20.3. The molecule has 5 heterocycles. The van der Waals surface area contributed by atoms with E-state index in [1.165, 1.54) is 28.9 Å². The van der Waals surface area contributed by atoms with E-state index >= 15 is 0 Å². The van der Waals surface area contributed by atoms with Gasteiger partial charge >= 0.3 is 0 Å². The highest BCUT2D eigenvalue weighted by Crippen LogP contribution is 2.48. The highest BCUT2D eigenvalue weighted by molar-refractivity contribution is 6.23. The number of fused-ring (bicyclic) bond motifs is 3. The number of anilines is 1. The number of phenolic OH excluding ortho intramolecular Hbond substituents is 1. The summed E-state index contributed by atoms with van der Waals surface area (Å²) >= 11 is 0. The van der Waals surface area contributed by atoms with Crippen molar-refractivity contribution in [3.8, 4) is 5.75 Å². The number of nitrogens with zero attached hydrogens (tertiary/aromatic N) is 4. The van der Waals surface area contributed by atoms with Crippen molar-refractivity contribution in [3.63, 3.8) is 0 Å². The zero-order valence-corrected chi connectivity index (χ0v) is 32.1. The van der Waals surface area contributed by atoms with E-state index in [-0.39, 0.29) is 65.2 Å². The van der Waals surface area contributed by atoms with Gasteiger partial charge < -0.3 is 14.9 Å². The van der Waals surface area contributed by atoms with E-state index in [9.17, 15) is 33.5 Å². The van der Waals surface area contributed by atoms with Crippen LogP contribution in [-0.4, -0.2) is 88.1 Å². The van der Waals surface area contributed by atoms with Crippen LogP contribution in [0.5, 0.6) is 5.75 Å². The topological polar surface area (TPSA) is 131 Å². The fourth-order valence-corrected chi connectivity index (χ4v) is 10.5. The first-order chi connectivity index (χ1) is 28.0. The number of carbonyl (C=O) groups excluding carboxylic acids is 5. The summed E-state index contributed by atoms with van der Waals surface area (Å²) in [5, 5.41) is 12.4. The van der Waals surface area contributed by atoms with Crippen LogP contribution in [0.2, 0.25) is 0 Å². The fourth-order valence-electron chi connectivity index (χ4n) is 10.5. The van der Waals surface area contributed by atoms with Gasteiger partial charge in [-0.2, -0.15) is 0 Å². The zero-order chi connectivity index (χ0) is 39.9. The molecule has 4 aromatic rings. The van der Waals surface area contributed by atoms with E-state index in [1.807, 2.05) is 34.1 Å². The van der Waals surface area contributed by atoms with Crippen molar-refractivity contribution in [2.45, 2.75) is 69.5 Å². The lowest BCUT2D eigenvalue weighted by Gasteiger charge is -2.54. The lowest BCUT2D eigenvalue weighted by molar-refractivity contribution is -0.146. The molecule has 296 valence electrons. The van der Waals surface area contributed by atoms with E-state index in [4.69, 9.17) is 0 Å². The molecule has 3 saturated heterocycles. The molecule has 5 amide bonds. The highest BCUT2D eigenvalue weighted by Gasteiger charge is 2.48. The molecule has 5 aliphatic heterocycles. The second-order valence-corrected chi connectivity index (χ2v) is 17.1. The minimum atomic E-state index is -1.000. The lowest BCUT2D eigenvalue weighted by atomic mass is 9.69. The average molecular weight is 782 g/mol. The second-order valence-electron chi connectivity index (χ2n) is 17.1. The van der Waals surface area contributed by atoms with Crippen LogP contribution in [0.1, 0.15) is 98.0 Å². The van der Waals surface area contributed by atoms with Crippen LogP contribution < -0.4 is 10.2 Å². The molecule has 4 aromatic carbocycles. The molecule has 2 N–H and O–H groups in total. The van der Waals surface area contributed by atoms with Crippen LogP contribution in [0.15, 0.2) is 78.9 Å². The van der Waals surface area contributed by atoms with Crippen LogP contribution in [0.3, 0.4) is 0 Å². The van der Waals surface area contributed by atoms with Gasteiger partial charge in [-0.15, -0.1) is 0 Å². The summed E-state index contributed by atoms with van der Waals surface area (Å²) in [7, 11) is 0. The maximum absolute atomic E-state index is 13.9. The molecular weight excluding hydrogens is 738 g/mol. The summed E-state index contributed by atoms with van der Waals surface area (Å²) in [6.07, 6.45) is 3.96. The van der Waals surface area contributed by atoms with Gasteiger partial charge in [0.15, 0.2) is 0 Å². The summed E-state index contributed by atoms with van der Waals surface area (Å²) < 4.78 is 13.9. The summed E-state index contributed by atoms with van der Waals surface area (Å²) in [6, 6.07) is 23.9. The number of piperidine rings is 2. The Labute approximate surface area is 335 Å². The normalized spacial score (nSPS) is 23.7. The Hall–Kier alpha value is -5.88. The monoisotopic (exact) mass is 781 g/mol. The standard InChI is InChI=1S/C46H44FN5O6/c47-32-6-1-27(2-7-32)35-11-5-29-19-34(53)10-12-36(29)42(35)28-3-8-33(9-4-28)50-17-15-46(16-18-50)25-51(26-46)41(55)24-49-22-30-20-37-38(21-31(30)23-49)45(58)52(44(37)57)39-13-14-40(54)48-43(39)56/h1-4,6-10,12,19-21,35,39,42,53H,5,11,13-18,22-26H2,(H,48,54,56)/t35-,39?,42+/m1/s1. The number of rotatable bonds is 6. The van der Waals surface area contributed by atoms with Gasteiger partial charge in [0, 0.05) is 62.7 Å². The summed E-state index contributed by atoms with van der Waals surface area (Å²) in [5.74, 6) is -1.68. The van der Waals surface area contributed by atoms with Gasteiger partial charge in [-0.3, -0.25) is 39.1 Å². The Kier molecular flexibility index (Phi) is 8.74. The molecular formula is C46H44FN5O6. The molecule has 58 heavy (non-hydrogen) atoms. The maximum Gasteiger partial charge on any atom is 0.262 e. The van der Waals surface area contributed by atoms with Gasteiger partial charge in [0.05, 0.1) is 17.7 Å². The molecule has 1 unspecified atom stereocenters. The minimum absolute atomic E-state index is 0.0723. The molecule has 6 aliphatic rings. The van der Waals surface area contributed by atoms with Crippen LogP contribution in [0.4, 0.5) is 10.1 Å². The maximum atomic E-state index is 13.9. The Morgan fingerprint density at radius 1 is 0.776 bits per heavy atom. The first-order valence-corrected chi connectivity index (χ1v) is 20.3. The Bertz CT molecular complexity index is 2340. The number of hydrogen-bond donors (Lipinski definition) is 2. The number of nitrogens with one attached hydrogen (secondary N) is 1. The smallest absolute Gasteiger partial charge is 0.262 e. The molecule has 0 radical (unpaired) electrons. The van der Waals surface area contributed by atoms with Crippen molar-refractivity contribution in [1.29, 1.82) is 0 Å². The zero-order valence-electron chi connectivity index (χ0n) is 32.1. The second kappa shape index (κ2) is 13.9. The third-order valence-corrected chi connectivity index (χ3v) is 13.6. The van der Waals surface area contributed by atoms with Crippen molar-refractivity contribution in [1.82, 2.24) is 20.0 Å². The lowest BCUT2D eigenvalue weighted by Crippen LogP contribution is -2.63. The van der Waals surface area contributed by atoms with Crippen molar-refractivity contribution >= 4 is 35.2 Å². The van der Waals surface area contributed by atoms with E-state index in [0.29, 0.717) is 13.1 Å². The molecule has 10 rings (SSSR count). The number of halogens is 1. The molecule has 3 fully saturated rings. The Balaban J connectivity index is 0.741. The minimum Gasteiger partial charge on any atom is -0.508 e. The van der Waals surface area contributed by atoms with Gasteiger partial charge in [0.2, 0.25) is 17.7 Å². The average Bonchev–Trinajstić information content (AvgIpc) is 3.71. The number of benzene rings is 4. The number of aromatic hydroxyl groups is 1. The number of imide groups is 2. The Morgan fingerprint density at radius 3 is 2.09 bits per heavy atom. The number of hydrogen-bond acceptors (Lipinski definition) is 8. The predicted molar refractivity (Wildman–Crippen MR) is 212 cm³/mol. The van der Waals surface area contributed by atoms with Crippen LogP contribution in [-0.2, 0) is 33.9 Å². The molecule has 1 aliphatic carbocycles. The number of aryl methyl sites for hydroxylation is 1. The summed E-state index contributed by atoms with van der Waals surface area (Å²) in [5.41, 5.74) is 8.32. The predicted octanol–water partition coefficient (Wildman–Crippen LogP) is 5.24. The molecule has 1 spiro atoms. The SMILES string of the molecule is O=C1CCC(N2C(=O)c3cc4c(cc3C2=O)CN(CC(=O)N2CC3(CCN(c5ccc([C@@H]6c7ccc(O)cc7CC[C@@H]6c6ccc(F)cc6)cc5)CC3)C2)C4)C(=O)N1. The van der Waals surface area contributed by atoms with E-state index in [0.717, 1.165) is 79.0 Å². The van der Waals surface area contributed by atoms with Crippen LogP contribution in [0, 0.1) is 11.2 Å². The van der Waals surface area contributed by atoms with Crippen molar-refractivity contribution in [2.24, 2.45) is 5.41 Å². The molecule has 3 atom stereocenters. The van der Waals surface area contributed by atoms with Gasteiger partial charge in [0.25, 0.3) is 11.8 Å². The summed E-state index contributed by atoms with van der Waals surface area (Å²) in [6.45, 7) is 4.55.